The molecular weight excluding hydrogens is 391 g/mol. The van der Waals surface area contributed by atoms with E-state index in [2.05, 4.69) is 24.0 Å². The van der Waals surface area contributed by atoms with Crippen LogP contribution < -0.4 is 0 Å². The van der Waals surface area contributed by atoms with Crippen molar-refractivity contribution in [3.8, 4) is 0 Å². The molecule has 162 valence electrons. The summed E-state index contributed by atoms with van der Waals surface area (Å²) in [5.41, 5.74) is 1.79. The highest BCUT2D eigenvalue weighted by atomic mass is 19.1. The van der Waals surface area contributed by atoms with Crippen LogP contribution in [-0.2, 0) is 19.6 Å². The smallest absolute Gasteiger partial charge is 0.289 e. The van der Waals surface area contributed by atoms with Crippen LogP contribution in [0.2, 0.25) is 0 Å². The van der Waals surface area contributed by atoms with E-state index in [1.165, 1.54) is 6.07 Å². The van der Waals surface area contributed by atoms with Crippen molar-refractivity contribution in [2.75, 3.05) is 13.1 Å². The summed E-state index contributed by atoms with van der Waals surface area (Å²) >= 11 is 0. The zero-order valence-corrected chi connectivity index (χ0v) is 18.0. The lowest BCUT2D eigenvalue weighted by molar-refractivity contribution is 0.0661. The van der Waals surface area contributed by atoms with E-state index in [0.29, 0.717) is 42.6 Å². The van der Waals surface area contributed by atoms with E-state index in [-0.39, 0.29) is 11.7 Å². The highest BCUT2D eigenvalue weighted by Gasteiger charge is 2.24. The molecule has 5 heteroatoms. The minimum Gasteiger partial charge on any atom is -0.455 e. The molecule has 1 fully saturated rings. The van der Waals surface area contributed by atoms with Gasteiger partial charge in [0, 0.05) is 31.7 Å². The molecule has 1 aliphatic rings. The van der Waals surface area contributed by atoms with Crippen molar-refractivity contribution < 1.29 is 13.6 Å². The summed E-state index contributed by atoms with van der Waals surface area (Å²) in [4.78, 5) is 16.8. The van der Waals surface area contributed by atoms with Gasteiger partial charge in [0.1, 0.15) is 11.6 Å². The van der Waals surface area contributed by atoms with E-state index in [0.717, 1.165) is 31.5 Å². The van der Waals surface area contributed by atoms with Crippen molar-refractivity contribution in [2.24, 2.45) is 5.92 Å². The molecule has 0 spiro atoms. The highest BCUT2D eigenvalue weighted by molar-refractivity contribution is 5.91. The number of hydrogen-bond donors (Lipinski definition) is 0. The van der Waals surface area contributed by atoms with E-state index >= 15 is 0 Å². The Morgan fingerprint density at radius 3 is 2.42 bits per heavy atom. The SMILES string of the molecule is CC1CCN(C(=O)c2ccc(CN(Cc3ccccc3)Cc3ccccc3F)o2)CC1. The van der Waals surface area contributed by atoms with Gasteiger partial charge in [-0.1, -0.05) is 55.5 Å². The van der Waals surface area contributed by atoms with Crippen LogP contribution >= 0.6 is 0 Å². The first-order valence-corrected chi connectivity index (χ1v) is 11.0. The van der Waals surface area contributed by atoms with E-state index in [4.69, 9.17) is 4.42 Å². The lowest BCUT2D eigenvalue weighted by Crippen LogP contribution is -2.37. The van der Waals surface area contributed by atoms with Crippen molar-refractivity contribution in [3.05, 3.63) is 95.2 Å². The molecule has 31 heavy (non-hydrogen) atoms. The minimum atomic E-state index is -0.213. The summed E-state index contributed by atoms with van der Waals surface area (Å²) in [6.45, 7) is 5.39. The maximum Gasteiger partial charge on any atom is 0.289 e. The summed E-state index contributed by atoms with van der Waals surface area (Å²) in [7, 11) is 0. The monoisotopic (exact) mass is 420 g/mol. The van der Waals surface area contributed by atoms with Crippen LogP contribution in [-0.4, -0.2) is 28.8 Å². The molecule has 4 nitrogen and oxygen atoms in total. The molecule has 0 atom stereocenters. The largest absolute Gasteiger partial charge is 0.455 e. The first-order valence-electron chi connectivity index (χ1n) is 11.0. The summed E-state index contributed by atoms with van der Waals surface area (Å²) in [5.74, 6) is 1.51. The molecule has 0 N–H and O–H groups in total. The van der Waals surface area contributed by atoms with E-state index in [9.17, 15) is 9.18 Å². The average Bonchev–Trinajstić information content (AvgIpc) is 3.24. The zero-order chi connectivity index (χ0) is 21.6. The van der Waals surface area contributed by atoms with Crippen molar-refractivity contribution in [1.29, 1.82) is 0 Å². The van der Waals surface area contributed by atoms with Gasteiger partial charge in [-0.25, -0.2) is 4.39 Å². The van der Waals surface area contributed by atoms with Crippen LogP contribution in [0.4, 0.5) is 4.39 Å². The number of hydrogen-bond acceptors (Lipinski definition) is 3. The Kier molecular flexibility index (Phi) is 6.82. The van der Waals surface area contributed by atoms with E-state index in [1.807, 2.05) is 41.3 Å². The van der Waals surface area contributed by atoms with Gasteiger partial charge in [0.25, 0.3) is 5.91 Å². The zero-order valence-electron chi connectivity index (χ0n) is 18.0. The standard InChI is InChI=1S/C26H29FN2O2/c1-20-13-15-29(16-14-20)26(30)25-12-11-23(31-25)19-28(17-21-7-3-2-4-8-21)18-22-9-5-6-10-24(22)27/h2-12,20H,13-19H2,1H3. The third-order valence-electron chi connectivity index (χ3n) is 5.92. The van der Waals surface area contributed by atoms with Gasteiger partial charge in [-0.3, -0.25) is 9.69 Å². The molecule has 1 saturated heterocycles. The second kappa shape index (κ2) is 9.92. The normalized spacial score (nSPS) is 14.9. The third-order valence-corrected chi connectivity index (χ3v) is 5.92. The quantitative estimate of drug-likeness (QED) is 0.507. The second-order valence-electron chi connectivity index (χ2n) is 8.46. The first-order chi connectivity index (χ1) is 15.1. The van der Waals surface area contributed by atoms with Crippen LogP contribution in [0, 0.1) is 11.7 Å². The molecule has 3 aromatic rings. The Bertz CT molecular complexity index is 993. The molecule has 1 amide bonds. The molecule has 0 saturated carbocycles. The molecule has 0 bridgehead atoms. The van der Waals surface area contributed by atoms with Crippen LogP contribution in [0.1, 0.15) is 47.2 Å². The first kappa shape index (κ1) is 21.3. The van der Waals surface area contributed by atoms with Crippen molar-refractivity contribution >= 4 is 5.91 Å². The number of halogens is 1. The van der Waals surface area contributed by atoms with Crippen LogP contribution in [0.15, 0.2) is 71.1 Å². The number of piperidine rings is 1. The van der Waals surface area contributed by atoms with Gasteiger partial charge in [-0.15, -0.1) is 0 Å². The maximum atomic E-state index is 14.3. The van der Waals surface area contributed by atoms with Gasteiger partial charge in [-0.2, -0.15) is 0 Å². The lowest BCUT2D eigenvalue weighted by Gasteiger charge is -2.29. The number of benzene rings is 2. The van der Waals surface area contributed by atoms with Crippen molar-refractivity contribution in [2.45, 2.75) is 39.4 Å². The Labute approximate surface area is 183 Å². The number of carbonyl (C=O) groups excluding carboxylic acids is 1. The molecule has 0 radical (unpaired) electrons. The maximum absolute atomic E-state index is 14.3. The molecule has 1 aromatic heterocycles. The predicted molar refractivity (Wildman–Crippen MR) is 119 cm³/mol. The number of carbonyl (C=O) groups is 1. The van der Waals surface area contributed by atoms with Gasteiger partial charge < -0.3 is 9.32 Å². The third kappa shape index (κ3) is 5.61. The Balaban J connectivity index is 1.47. The topological polar surface area (TPSA) is 36.7 Å². The number of likely N-dealkylation sites (tertiary alicyclic amines) is 1. The van der Waals surface area contributed by atoms with Gasteiger partial charge in [0.2, 0.25) is 0 Å². The Morgan fingerprint density at radius 1 is 0.968 bits per heavy atom. The van der Waals surface area contributed by atoms with Gasteiger partial charge in [0.05, 0.1) is 6.54 Å². The van der Waals surface area contributed by atoms with Gasteiger partial charge in [0.15, 0.2) is 5.76 Å². The Hall–Kier alpha value is -2.92. The fourth-order valence-electron chi connectivity index (χ4n) is 4.04. The number of nitrogens with zero attached hydrogens (tertiary/aromatic N) is 2. The number of rotatable bonds is 7. The predicted octanol–water partition coefficient (Wildman–Crippen LogP) is 5.49. The molecule has 2 aromatic carbocycles. The molecule has 0 aliphatic carbocycles. The molecule has 0 unspecified atom stereocenters. The summed E-state index contributed by atoms with van der Waals surface area (Å²) < 4.78 is 20.2. The van der Waals surface area contributed by atoms with Crippen molar-refractivity contribution in [1.82, 2.24) is 9.80 Å². The summed E-state index contributed by atoms with van der Waals surface area (Å²) in [5, 5.41) is 0. The van der Waals surface area contributed by atoms with E-state index < -0.39 is 0 Å². The van der Waals surface area contributed by atoms with Gasteiger partial charge in [-0.05, 0) is 42.5 Å². The number of furan rings is 1. The summed E-state index contributed by atoms with van der Waals surface area (Å²) in [6.07, 6.45) is 2.07. The number of amides is 1. The van der Waals surface area contributed by atoms with Crippen LogP contribution in [0.25, 0.3) is 0 Å². The summed E-state index contributed by atoms with van der Waals surface area (Å²) in [6, 6.07) is 20.6. The van der Waals surface area contributed by atoms with Crippen LogP contribution in [0.5, 0.6) is 0 Å². The second-order valence-corrected chi connectivity index (χ2v) is 8.46. The van der Waals surface area contributed by atoms with E-state index in [1.54, 1.807) is 12.1 Å². The minimum absolute atomic E-state index is 0.0399. The molecule has 1 aliphatic heterocycles. The highest BCUT2D eigenvalue weighted by Crippen LogP contribution is 2.21. The fourth-order valence-corrected chi connectivity index (χ4v) is 4.04. The van der Waals surface area contributed by atoms with Gasteiger partial charge >= 0.3 is 0 Å². The molecule has 4 rings (SSSR count). The van der Waals surface area contributed by atoms with Crippen LogP contribution in [0.3, 0.4) is 0 Å². The average molecular weight is 421 g/mol. The van der Waals surface area contributed by atoms with Crippen molar-refractivity contribution in [3.63, 3.8) is 0 Å². The molecular formula is C26H29FN2O2. The molecule has 2 heterocycles. The fraction of sp³-hybridized carbons (Fsp3) is 0.346. The Morgan fingerprint density at radius 2 is 1.68 bits per heavy atom. The lowest BCUT2D eigenvalue weighted by atomic mass is 9.99.